The average molecular weight is 314 g/mol. The molecule has 1 fully saturated rings. The number of aliphatic carboxylic acids is 1. The van der Waals surface area contributed by atoms with Crippen LogP contribution in [0.3, 0.4) is 0 Å². The Labute approximate surface area is 124 Å². The van der Waals surface area contributed by atoms with Crippen LogP contribution in [0, 0.1) is 0 Å². The smallest absolute Gasteiger partial charge is 0.339 e. The van der Waals surface area contributed by atoms with Crippen LogP contribution in [0.15, 0.2) is 24.3 Å². The number of carboxylic acids is 2. The van der Waals surface area contributed by atoms with Crippen LogP contribution in [0.5, 0.6) is 5.75 Å². The van der Waals surface area contributed by atoms with Crippen molar-refractivity contribution in [3.63, 3.8) is 0 Å². The highest BCUT2D eigenvalue weighted by Crippen LogP contribution is 2.26. The van der Waals surface area contributed by atoms with Crippen LogP contribution in [0.2, 0.25) is 0 Å². The molecule has 9 heteroatoms. The van der Waals surface area contributed by atoms with E-state index in [1.807, 2.05) is 0 Å². The Morgan fingerprint density at radius 1 is 1.00 bits per heavy atom. The van der Waals surface area contributed by atoms with E-state index in [1.54, 1.807) is 0 Å². The Bertz CT molecular complexity index is 572. The molecular formula is C13H14O9. The molecule has 0 aromatic heterocycles. The molecule has 0 saturated carbocycles. The van der Waals surface area contributed by atoms with Gasteiger partial charge in [0.1, 0.15) is 29.6 Å². The van der Waals surface area contributed by atoms with Gasteiger partial charge in [0.25, 0.3) is 0 Å². The second kappa shape index (κ2) is 6.28. The number of aliphatic hydroxyl groups excluding tert-OH is 3. The minimum atomic E-state index is -1.85. The van der Waals surface area contributed by atoms with Crippen LogP contribution in [0.4, 0.5) is 0 Å². The van der Waals surface area contributed by atoms with Crippen LogP contribution in [0.25, 0.3) is 0 Å². The van der Waals surface area contributed by atoms with E-state index < -0.39 is 42.6 Å². The van der Waals surface area contributed by atoms with E-state index in [2.05, 4.69) is 0 Å². The Hall–Kier alpha value is -2.20. The van der Waals surface area contributed by atoms with Gasteiger partial charge in [0.05, 0.1) is 0 Å². The summed E-state index contributed by atoms with van der Waals surface area (Å²) in [7, 11) is 0. The zero-order chi connectivity index (χ0) is 16.4. The van der Waals surface area contributed by atoms with Gasteiger partial charge in [0, 0.05) is 0 Å². The second-order valence-corrected chi connectivity index (χ2v) is 4.65. The number of rotatable bonds is 4. The summed E-state index contributed by atoms with van der Waals surface area (Å²) in [6, 6.07) is 5.45. The first-order valence-corrected chi connectivity index (χ1v) is 6.24. The Morgan fingerprint density at radius 2 is 1.64 bits per heavy atom. The lowest BCUT2D eigenvalue weighted by molar-refractivity contribution is -0.271. The SMILES string of the molecule is O=C(O)c1ccccc1O[C@@H]1OC(C(=O)O)[C@H](O)C(O)C1O. The normalized spacial score (nSPS) is 31.5. The highest BCUT2D eigenvalue weighted by atomic mass is 16.7. The quantitative estimate of drug-likeness (QED) is 0.454. The summed E-state index contributed by atoms with van der Waals surface area (Å²) in [5, 5.41) is 46.9. The Morgan fingerprint density at radius 3 is 2.23 bits per heavy atom. The van der Waals surface area contributed by atoms with Gasteiger partial charge in [-0.05, 0) is 12.1 Å². The van der Waals surface area contributed by atoms with Gasteiger partial charge in [-0.1, -0.05) is 12.1 Å². The van der Waals surface area contributed by atoms with Crippen molar-refractivity contribution in [1.29, 1.82) is 0 Å². The molecular weight excluding hydrogens is 300 g/mol. The number of para-hydroxylation sites is 1. The predicted octanol–water partition coefficient (Wildman–Crippen LogP) is -1.34. The third-order valence-corrected chi connectivity index (χ3v) is 3.17. The van der Waals surface area contributed by atoms with Crippen molar-refractivity contribution >= 4 is 11.9 Å². The molecule has 0 bridgehead atoms. The average Bonchev–Trinajstić information content (AvgIpc) is 2.47. The molecule has 1 aliphatic rings. The summed E-state index contributed by atoms with van der Waals surface area (Å²) in [6.45, 7) is 0. The lowest BCUT2D eigenvalue weighted by atomic mass is 9.99. The van der Waals surface area contributed by atoms with Crippen molar-refractivity contribution in [1.82, 2.24) is 0 Å². The molecule has 0 aliphatic carbocycles. The Kier molecular flexibility index (Phi) is 4.62. The molecule has 22 heavy (non-hydrogen) atoms. The van der Waals surface area contributed by atoms with E-state index in [0.29, 0.717) is 0 Å². The molecule has 1 aromatic rings. The number of carboxylic acid groups (broad SMARTS) is 2. The van der Waals surface area contributed by atoms with E-state index in [9.17, 15) is 24.9 Å². The van der Waals surface area contributed by atoms with Crippen LogP contribution >= 0.6 is 0 Å². The van der Waals surface area contributed by atoms with Crippen molar-refractivity contribution in [2.24, 2.45) is 0 Å². The minimum Gasteiger partial charge on any atom is -0.479 e. The number of ether oxygens (including phenoxy) is 2. The molecule has 120 valence electrons. The van der Waals surface area contributed by atoms with E-state index in [-0.39, 0.29) is 11.3 Å². The number of hydrogen-bond donors (Lipinski definition) is 5. The summed E-state index contributed by atoms with van der Waals surface area (Å²) in [4.78, 5) is 22.0. The predicted molar refractivity (Wildman–Crippen MR) is 68.3 cm³/mol. The molecule has 5 atom stereocenters. The van der Waals surface area contributed by atoms with Crippen LogP contribution in [0.1, 0.15) is 10.4 Å². The fourth-order valence-corrected chi connectivity index (χ4v) is 2.02. The standard InChI is InChI=1S/C13H14O9/c14-7-8(15)10(12(19)20)22-13(9(7)16)21-6-4-2-1-3-5(6)11(17)18/h1-4,7-10,13-16H,(H,17,18)(H,19,20)/t7?,8-,9?,10?,13-/m1/s1. The number of hydrogen-bond acceptors (Lipinski definition) is 7. The molecule has 1 aromatic carbocycles. The third kappa shape index (κ3) is 3.02. The number of benzene rings is 1. The van der Waals surface area contributed by atoms with E-state index in [0.717, 1.165) is 0 Å². The fourth-order valence-electron chi connectivity index (χ4n) is 2.02. The maximum absolute atomic E-state index is 11.1. The zero-order valence-corrected chi connectivity index (χ0v) is 11.1. The molecule has 9 nitrogen and oxygen atoms in total. The van der Waals surface area contributed by atoms with Crippen molar-refractivity contribution in [2.75, 3.05) is 0 Å². The van der Waals surface area contributed by atoms with E-state index in [1.165, 1.54) is 24.3 Å². The maximum atomic E-state index is 11.1. The number of aliphatic hydroxyl groups is 3. The first kappa shape index (κ1) is 16.2. The van der Waals surface area contributed by atoms with Crippen LogP contribution < -0.4 is 4.74 Å². The zero-order valence-electron chi connectivity index (χ0n) is 11.1. The lowest BCUT2D eigenvalue weighted by Gasteiger charge is -2.38. The second-order valence-electron chi connectivity index (χ2n) is 4.65. The van der Waals surface area contributed by atoms with Crippen molar-refractivity contribution < 1.29 is 44.6 Å². The van der Waals surface area contributed by atoms with Gasteiger partial charge in [-0.2, -0.15) is 0 Å². The van der Waals surface area contributed by atoms with Gasteiger partial charge in [0.2, 0.25) is 6.29 Å². The van der Waals surface area contributed by atoms with E-state index in [4.69, 9.17) is 19.7 Å². The van der Waals surface area contributed by atoms with Crippen LogP contribution in [-0.4, -0.2) is 68.2 Å². The molecule has 0 radical (unpaired) electrons. The van der Waals surface area contributed by atoms with Crippen molar-refractivity contribution in [3.05, 3.63) is 29.8 Å². The van der Waals surface area contributed by atoms with Crippen molar-refractivity contribution in [3.8, 4) is 5.75 Å². The highest BCUT2D eigenvalue weighted by molar-refractivity contribution is 5.90. The van der Waals surface area contributed by atoms with Gasteiger partial charge in [-0.3, -0.25) is 0 Å². The largest absolute Gasteiger partial charge is 0.479 e. The molecule has 1 heterocycles. The first-order valence-electron chi connectivity index (χ1n) is 6.24. The number of carbonyl (C=O) groups is 2. The highest BCUT2D eigenvalue weighted by Gasteiger charge is 2.48. The molecule has 3 unspecified atom stereocenters. The fraction of sp³-hybridized carbons (Fsp3) is 0.385. The molecule has 0 amide bonds. The minimum absolute atomic E-state index is 0.174. The molecule has 0 spiro atoms. The van der Waals surface area contributed by atoms with Gasteiger partial charge >= 0.3 is 11.9 Å². The number of aromatic carboxylic acids is 1. The maximum Gasteiger partial charge on any atom is 0.339 e. The van der Waals surface area contributed by atoms with Gasteiger partial charge in [-0.25, -0.2) is 9.59 Å². The first-order chi connectivity index (χ1) is 10.3. The van der Waals surface area contributed by atoms with Gasteiger partial charge in [-0.15, -0.1) is 0 Å². The van der Waals surface area contributed by atoms with Gasteiger partial charge in [0.15, 0.2) is 6.10 Å². The lowest BCUT2D eigenvalue weighted by Crippen LogP contribution is -2.61. The van der Waals surface area contributed by atoms with Crippen molar-refractivity contribution in [2.45, 2.75) is 30.7 Å². The van der Waals surface area contributed by atoms with Crippen LogP contribution in [-0.2, 0) is 9.53 Å². The molecule has 1 saturated heterocycles. The Balaban J connectivity index is 2.25. The summed E-state index contributed by atoms with van der Waals surface area (Å²) in [6.07, 6.45) is -8.90. The topological polar surface area (TPSA) is 154 Å². The summed E-state index contributed by atoms with van der Waals surface area (Å²) < 4.78 is 10.1. The molecule has 2 rings (SSSR count). The van der Waals surface area contributed by atoms with E-state index >= 15 is 0 Å². The molecule has 5 N–H and O–H groups in total. The third-order valence-electron chi connectivity index (χ3n) is 3.17. The molecule has 1 aliphatic heterocycles. The van der Waals surface area contributed by atoms with Gasteiger partial charge < -0.3 is 35.0 Å². The monoisotopic (exact) mass is 314 g/mol. The summed E-state index contributed by atoms with van der Waals surface area (Å²) in [5.74, 6) is -3.03. The summed E-state index contributed by atoms with van der Waals surface area (Å²) in [5.41, 5.74) is -0.231. The summed E-state index contributed by atoms with van der Waals surface area (Å²) >= 11 is 0.